The van der Waals surface area contributed by atoms with Gasteiger partial charge < -0.3 is 10.6 Å². The molecule has 1 aromatic carbocycles. The number of nitrogens with zero attached hydrogens (tertiary/aromatic N) is 3. The van der Waals surface area contributed by atoms with Crippen LogP contribution in [0.15, 0.2) is 24.4 Å². The van der Waals surface area contributed by atoms with Gasteiger partial charge in [-0.3, -0.25) is 9.58 Å². The largest absolute Gasteiger partial charge is 0.398 e. The molecule has 2 amide bonds. The third kappa shape index (κ3) is 2.48. The summed E-state index contributed by atoms with van der Waals surface area (Å²) in [6.45, 7) is 6.42. The Bertz CT molecular complexity index is 893. The van der Waals surface area contributed by atoms with E-state index in [1.54, 1.807) is 4.90 Å². The first-order valence-corrected chi connectivity index (χ1v) is 9.44. The topological polar surface area (TPSA) is 66.5 Å². The van der Waals surface area contributed by atoms with E-state index in [9.17, 15) is 4.79 Å². The van der Waals surface area contributed by atoms with Gasteiger partial charge in [0.2, 0.25) is 0 Å². The summed E-state index contributed by atoms with van der Waals surface area (Å²) in [5, 5.41) is 1.18. The van der Waals surface area contributed by atoms with E-state index in [4.69, 9.17) is 5.73 Å². The van der Waals surface area contributed by atoms with Crippen LogP contribution in [0.2, 0.25) is 0 Å². The average molecular weight is 353 g/mol. The number of likely N-dealkylation sites (N-methyl/N-ethyl adjacent to an activating group) is 1. The fraction of sp³-hybridized carbons (Fsp3) is 0.450. The summed E-state index contributed by atoms with van der Waals surface area (Å²) in [5.74, 6) is 0. The van der Waals surface area contributed by atoms with Gasteiger partial charge in [0.25, 0.3) is 0 Å². The molecular weight excluding hydrogens is 326 g/mol. The number of nitrogens with one attached hydrogen (secondary N) is 1. The van der Waals surface area contributed by atoms with Crippen LogP contribution in [0, 0.1) is 0 Å². The van der Waals surface area contributed by atoms with E-state index in [-0.39, 0.29) is 6.03 Å². The van der Waals surface area contributed by atoms with E-state index in [0.29, 0.717) is 19.1 Å². The van der Waals surface area contributed by atoms with Crippen molar-refractivity contribution in [2.45, 2.75) is 32.7 Å². The Labute approximate surface area is 154 Å². The number of carbonyl (C=O) groups is 1. The van der Waals surface area contributed by atoms with Crippen LogP contribution in [0.5, 0.6) is 0 Å². The summed E-state index contributed by atoms with van der Waals surface area (Å²) in [7, 11) is 2.18. The molecule has 6 nitrogen and oxygen atoms in total. The van der Waals surface area contributed by atoms with Gasteiger partial charge in [-0.05, 0) is 57.0 Å². The van der Waals surface area contributed by atoms with Crippen LogP contribution in [0.4, 0.5) is 10.5 Å². The molecule has 0 saturated heterocycles. The Morgan fingerprint density at radius 1 is 1.35 bits per heavy atom. The summed E-state index contributed by atoms with van der Waals surface area (Å²) < 4.78 is 1.87. The van der Waals surface area contributed by atoms with Crippen molar-refractivity contribution < 1.29 is 4.79 Å². The molecule has 0 fully saturated rings. The molecule has 26 heavy (non-hydrogen) atoms. The van der Waals surface area contributed by atoms with Crippen LogP contribution >= 0.6 is 0 Å². The molecule has 1 aliphatic carbocycles. The number of rotatable bonds is 3. The zero-order valence-electron chi connectivity index (χ0n) is 15.7. The molecule has 0 unspecified atom stereocenters. The van der Waals surface area contributed by atoms with Crippen molar-refractivity contribution in [2.75, 3.05) is 37.8 Å². The van der Waals surface area contributed by atoms with Crippen molar-refractivity contribution in [3.63, 3.8) is 0 Å². The van der Waals surface area contributed by atoms with Gasteiger partial charge in [-0.15, -0.1) is 0 Å². The standard InChI is InChI=1S/C20H27N5O/c1-4-24(5-2)20(26)22-25-12-13-11-17-14(7-6-10-23(17)3)19-15(21)8-9-16(25)18(13)19/h7-9,12,17H,4-6,10-11,21H2,1-3H3,(H,22,26)/t17-/m1/s1. The first-order valence-electron chi connectivity index (χ1n) is 9.44. The van der Waals surface area contributed by atoms with E-state index in [1.807, 2.05) is 30.7 Å². The number of carbonyl (C=O) groups excluding carboxylic acids is 1. The van der Waals surface area contributed by atoms with Gasteiger partial charge in [0, 0.05) is 48.5 Å². The predicted octanol–water partition coefficient (Wildman–Crippen LogP) is 2.87. The highest BCUT2D eigenvalue weighted by atomic mass is 16.2. The van der Waals surface area contributed by atoms with Crippen LogP contribution in [-0.2, 0) is 6.42 Å². The van der Waals surface area contributed by atoms with Crippen LogP contribution in [0.25, 0.3) is 16.5 Å². The number of aromatic nitrogens is 1. The molecule has 2 heterocycles. The molecule has 3 N–H and O–H groups in total. The zero-order valence-corrected chi connectivity index (χ0v) is 15.7. The number of benzene rings is 1. The zero-order chi connectivity index (χ0) is 18.4. The number of nitrogen functional groups attached to an aromatic ring is 1. The van der Waals surface area contributed by atoms with Crippen LogP contribution in [0.1, 0.15) is 31.4 Å². The second-order valence-corrected chi connectivity index (χ2v) is 7.19. The number of anilines is 1. The van der Waals surface area contributed by atoms with Gasteiger partial charge in [0.1, 0.15) is 0 Å². The molecule has 1 aliphatic heterocycles. The van der Waals surface area contributed by atoms with Crippen LogP contribution < -0.4 is 11.2 Å². The van der Waals surface area contributed by atoms with Crippen molar-refractivity contribution >= 4 is 28.2 Å². The fourth-order valence-corrected chi connectivity index (χ4v) is 4.36. The third-order valence-electron chi connectivity index (χ3n) is 5.79. The molecule has 138 valence electrons. The smallest absolute Gasteiger partial charge is 0.336 e. The maximum atomic E-state index is 12.5. The van der Waals surface area contributed by atoms with E-state index in [0.717, 1.165) is 36.2 Å². The number of urea groups is 1. The Morgan fingerprint density at radius 2 is 2.12 bits per heavy atom. The lowest BCUT2D eigenvalue weighted by Crippen LogP contribution is -2.39. The summed E-state index contributed by atoms with van der Waals surface area (Å²) in [4.78, 5) is 16.7. The lowest BCUT2D eigenvalue weighted by atomic mass is 9.81. The monoisotopic (exact) mass is 353 g/mol. The predicted molar refractivity (Wildman–Crippen MR) is 107 cm³/mol. The molecule has 1 aromatic heterocycles. The molecule has 4 rings (SSSR count). The number of nitrogens with two attached hydrogens (primary N) is 1. The normalized spacial score (nSPS) is 19.2. The van der Waals surface area contributed by atoms with E-state index in [2.05, 4.69) is 29.6 Å². The van der Waals surface area contributed by atoms with E-state index < -0.39 is 0 Å². The SMILES string of the molecule is CCN(CC)C(=O)Nn1cc2c3c(c(N)ccc31)C1=CCCN(C)[C@@H]1C2. The van der Waals surface area contributed by atoms with Crippen molar-refractivity contribution in [1.82, 2.24) is 14.5 Å². The summed E-state index contributed by atoms with van der Waals surface area (Å²) in [6, 6.07) is 4.25. The molecule has 0 radical (unpaired) electrons. The first-order chi connectivity index (χ1) is 12.5. The first kappa shape index (κ1) is 17.0. The highest BCUT2D eigenvalue weighted by Gasteiger charge is 2.33. The second kappa shape index (κ2) is 6.36. The lowest BCUT2D eigenvalue weighted by molar-refractivity contribution is 0.214. The van der Waals surface area contributed by atoms with Crippen molar-refractivity contribution in [1.29, 1.82) is 0 Å². The number of fused-ring (bicyclic) bond motifs is 2. The molecule has 0 spiro atoms. The number of hydrogen-bond donors (Lipinski definition) is 2. The lowest BCUT2D eigenvalue weighted by Gasteiger charge is -2.37. The highest BCUT2D eigenvalue weighted by Crippen LogP contribution is 2.43. The minimum absolute atomic E-state index is 0.0789. The number of hydrogen-bond acceptors (Lipinski definition) is 3. The minimum atomic E-state index is -0.0789. The Hall–Kier alpha value is -2.47. The van der Waals surface area contributed by atoms with Gasteiger partial charge in [0.05, 0.1) is 5.52 Å². The van der Waals surface area contributed by atoms with Gasteiger partial charge in [-0.25, -0.2) is 10.2 Å². The molecule has 0 saturated carbocycles. The quantitative estimate of drug-likeness (QED) is 0.834. The van der Waals surface area contributed by atoms with Crippen molar-refractivity contribution in [2.24, 2.45) is 0 Å². The summed E-state index contributed by atoms with van der Waals surface area (Å²) >= 11 is 0. The molecule has 2 aromatic rings. The fourth-order valence-electron chi connectivity index (χ4n) is 4.36. The van der Waals surface area contributed by atoms with E-state index >= 15 is 0 Å². The Morgan fingerprint density at radius 3 is 2.85 bits per heavy atom. The summed E-state index contributed by atoms with van der Waals surface area (Å²) in [6.07, 6.45) is 6.40. The molecule has 0 bridgehead atoms. The number of amides is 2. The van der Waals surface area contributed by atoms with Crippen LogP contribution in [0.3, 0.4) is 0 Å². The summed E-state index contributed by atoms with van der Waals surface area (Å²) in [5.41, 5.74) is 15.0. The minimum Gasteiger partial charge on any atom is -0.398 e. The Balaban J connectivity index is 1.82. The maximum Gasteiger partial charge on any atom is 0.336 e. The maximum absolute atomic E-state index is 12.5. The molecular formula is C20H27N5O. The van der Waals surface area contributed by atoms with Crippen molar-refractivity contribution in [3.05, 3.63) is 35.5 Å². The highest BCUT2D eigenvalue weighted by molar-refractivity contribution is 6.03. The van der Waals surface area contributed by atoms with Crippen molar-refractivity contribution in [3.8, 4) is 0 Å². The Kier molecular flexibility index (Phi) is 4.15. The molecule has 1 atom stereocenters. The van der Waals surface area contributed by atoms with Gasteiger partial charge in [0.15, 0.2) is 0 Å². The van der Waals surface area contributed by atoms with Gasteiger partial charge in [-0.2, -0.15) is 0 Å². The van der Waals surface area contributed by atoms with Gasteiger partial charge >= 0.3 is 6.03 Å². The average Bonchev–Trinajstić information content (AvgIpc) is 2.97. The molecule has 6 heteroatoms. The second-order valence-electron chi connectivity index (χ2n) is 7.19. The van der Waals surface area contributed by atoms with E-state index in [1.165, 1.54) is 16.5 Å². The third-order valence-corrected chi connectivity index (χ3v) is 5.79. The molecule has 2 aliphatic rings. The van der Waals surface area contributed by atoms with Gasteiger partial charge in [-0.1, -0.05) is 6.08 Å². The van der Waals surface area contributed by atoms with Crippen LogP contribution in [-0.4, -0.2) is 53.2 Å².